The van der Waals surface area contributed by atoms with Crippen molar-refractivity contribution in [3.63, 3.8) is 0 Å². The summed E-state index contributed by atoms with van der Waals surface area (Å²) >= 11 is 0. The Hall–Kier alpha value is -8.40. The van der Waals surface area contributed by atoms with Gasteiger partial charge in [0.05, 0.1) is 22.1 Å². The first kappa shape index (κ1) is 36.5. The number of rotatable bonds is 8. The topological polar surface area (TPSA) is 13.1 Å². The van der Waals surface area contributed by atoms with E-state index in [1.807, 2.05) is 0 Å². The minimum Gasteiger partial charge on any atom is -0.311 e. The molecule has 0 fully saturated rings. The van der Waals surface area contributed by atoms with Crippen molar-refractivity contribution in [2.45, 2.75) is 0 Å². The molecule has 0 aliphatic heterocycles. The summed E-state index contributed by atoms with van der Waals surface area (Å²) in [4.78, 5) is 2.31. The van der Waals surface area contributed by atoms with E-state index >= 15 is 0 Å². The molecule has 63 heavy (non-hydrogen) atoms. The van der Waals surface area contributed by atoms with Gasteiger partial charge in [0.2, 0.25) is 0 Å². The number of para-hydroxylation sites is 6. The molecule has 12 rings (SSSR count). The molecule has 0 atom stereocenters. The first-order valence-electron chi connectivity index (χ1n) is 21.6. The minimum absolute atomic E-state index is 1.10. The highest BCUT2D eigenvalue weighted by molar-refractivity contribution is 6.12. The van der Waals surface area contributed by atoms with Gasteiger partial charge in [-0.15, -0.1) is 0 Å². The SMILES string of the molecule is c1ccc(N(c2ccccc2)c2ccc(-c3cc(-c4ccc5c(c4)c4ccccc4n5-c4ccccc4)cc(-c4ccc5c6ccccc6n(-c6ccccc6)c5c4)c3)cc2)cc1. The van der Waals surface area contributed by atoms with Crippen molar-refractivity contribution in [1.29, 1.82) is 0 Å². The lowest BCUT2D eigenvalue weighted by Gasteiger charge is -2.25. The maximum absolute atomic E-state index is 2.40. The van der Waals surface area contributed by atoms with Gasteiger partial charge in [0.25, 0.3) is 0 Å². The molecule has 0 aliphatic carbocycles. The average Bonchev–Trinajstić information content (AvgIpc) is 3.87. The normalized spacial score (nSPS) is 11.5. The Bertz CT molecular complexity index is 3550. The van der Waals surface area contributed by atoms with Crippen molar-refractivity contribution >= 4 is 60.7 Å². The van der Waals surface area contributed by atoms with Crippen LogP contribution in [0.4, 0.5) is 17.1 Å². The molecule has 0 aliphatic rings. The van der Waals surface area contributed by atoms with Crippen LogP contribution in [0.5, 0.6) is 0 Å². The Kier molecular flexibility index (Phi) is 8.83. The zero-order valence-corrected chi connectivity index (χ0v) is 34.5. The predicted molar refractivity (Wildman–Crippen MR) is 266 cm³/mol. The highest BCUT2D eigenvalue weighted by Gasteiger charge is 2.18. The lowest BCUT2D eigenvalue weighted by molar-refractivity contribution is 1.18. The number of benzene rings is 10. The molecule has 10 aromatic carbocycles. The van der Waals surface area contributed by atoms with Crippen LogP contribution in [-0.2, 0) is 0 Å². The third-order valence-corrected chi connectivity index (χ3v) is 12.5. The largest absolute Gasteiger partial charge is 0.311 e. The predicted octanol–water partition coefficient (Wildman–Crippen LogP) is 16.4. The highest BCUT2D eigenvalue weighted by Crippen LogP contribution is 2.41. The van der Waals surface area contributed by atoms with Crippen molar-refractivity contribution in [3.05, 3.63) is 249 Å². The van der Waals surface area contributed by atoms with Crippen molar-refractivity contribution < 1.29 is 0 Å². The van der Waals surface area contributed by atoms with Crippen LogP contribution in [0, 0.1) is 0 Å². The fourth-order valence-electron chi connectivity index (χ4n) is 9.54. The number of nitrogens with zero attached hydrogens (tertiary/aromatic N) is 3. The third kappa shape index (κ3) is 6.38. The molecule has 2 aromatic heterocycles. The second kappa shape index (κ2) is 15.3. The van der Waals surface area contributed by atoms with Crippen LogP contribution in [0.1, 0.15) is 0 Å². The number of fused-ring (bicyclic) bond motifs is 6. The van der Waals surface area contributed by atoms with Crippen LogP contribution in [0.25, 0.3) is 88.4 Å². The van der Waals surface area contributed by atoms with Crippen LogP contribution >= 0.6 is 0 Å². The van der Waals surface area contributed by atoms with Crippen molar-refractivity contribution in [3.8, 4) is 44.8 Å². The molecule has 3 nitrogen and oxygen atoms in total. The Morgan fingerprint density at radius 1 is 0.222 bits per heavy atom. The number of hydrogen-bond acceptors (Lipinski definition) is 1. The molecule has 0 saturated carbocycles. The summed E-state index contributed by atoms with van der Waals surface area (Å²) in [7, 11) is 0. The van der Waals surface area contributed by atoms with Crippen molar-refractivity contribution in [1.82, 2.24) is 9.13 Å². The molecule has 0 saturated heterocycles. The Morgan fingerprint density at radius 3 is 1.17 bits per heavy atom. The van der Waals surface area contributed by atoms with Crippen molar-refractivity contribution in [2.75, 3.05) is 4.90 Å². The zero-order chi connectivity index (χ0) is 41.7. The van der Waals surface area contributed by atoms with Crippen LogP contribution < -0.4 is 4.90 Å². The molecule has 296 valence electrons. The van der Waals surface area contributed by atoms with Gasteiger partial charge in [-0.3, -0.25) is 0 Å². The van der Waals surface area contributed by atoms with E-state index in [4.69, 9.17) is 0 Å². The van der Waals surface area contributed by atoms with Gasteiger partial charge in [-0.2, -0.15) is 0 Å². The quantitative estimate of drug-likeness (QED) is 0.149. The number of anilines is 3. The Balaban J connectivity index is 1.04. The molecule has 2 heterocycles. The van der Waals surface area contributed by atoms with Crippen LogP contribution in [-0.4, -0.2) is 9.13 Å². The van der Waals surface area contributed by atoms with E-state index in [2.05, 4.69) is 263 Å². The molecular weight excluding hydrogens is 763 g/mol. The minimum atomic E-state index is 1.10. The van der Waals surface area contributed by atoms with Gasteiger partial charge in [0, 0.05) is 50.0 Å². The van der Waals surface area contributed by atoms with Gasteiger partial charge in [-0.1, -0.05) is 140 Å². The van der Waals surface area contributed by atoms with E-state index < -0.39 is 0 Å². The molecule has 0 bridgehead atoms. The Morgan fingerprint density at radius 2 is 0.603 bits per heavy atom. The Labute approximate surface area is 366 Å². The fraction of sp³-hybridized carbons (Fsp3) is 0. The second-order valence-electron chi connectivity index (χ2n) is 16.2. The molecule has 0 amide bonds. The van der Waals surface area contributed by atoms with E-state index in [0.29, 0.717) is 0 Å². The standard InChI is InChI=1S/C60H41N3/c1-5-17-48(18-6-1)61(49-19-7-2-8-20-49)52-33-29-42(30-34-52)45-37-46(43-32-36-59-56(40-43)54-26-14-16-28-58(54)62(59)50-21-9-3-10-22-50)39-47(38-45)44-31-35-55-53-25-13-15-27-57(53)63(60(55)41-44)51-23-11-4-12-24-51/h1-41H. The molecule has 3 heteroatoms. The van der Waals surface area contributed by atoms with Crippen LogP contribution in [0.2, 0.25) is 0 Å². The molecule has 0 spiro atoms. The van der Waals surface area contributed by atoms with Crippen LogP contribution in [0.15, 0.2) is 249 Å². The van der Waals surface area contributed by atoms with Gasteiger partial charge >= 0.3 is 0 Å². The maximum Gasteiger partial charge on any atom is 0.0547 e. The smallest absolute Gasteiger partial charge is 0.0547 e. The average molecular weight is 804 g/mol. The van der Waals surface area contributed by atoms with Gasteiger partial charge < -0.3 is 14.0 Å². The molecule has 0 radical (unpaired) electrons. The summed E-state index contributed by atoms with van der Waals surface area (Å²) in [5.74, 6) is 0. The van der Waals surface area contributed by atoms with E-state index in [1.54, 1.807) is 0 Å². The van der Waals surface area contributed by atoms with Gasteiger partial charge in [0.1, 0.15) is 0 Å². The summed E-state index contributed by atoms with van der Waals surface area (Å²) in [6.07, 6.45) is 0. The molecular formula is C60H41N3. The van der Waals surface area contributed by atoms with Crippen LogP contribution in [0.3, 0.4) is 0 Å². The molecule has 0 unspecified atom stereocenters. The van der Waals surface area contributed by atoms with E-state index in [-0.39, 0.29) is 0 Å². The summed E-state index contributed by atoms with van der Waals surface area (Å²) in [6, 6.07) is 90.2. The van der Waals surface area contributed by atoms with E-state index in [1.165, 1.54) is 65.9 Å². The summed E-state index contributed by atoms with van der Waals surface area (Å²) < 4.78 is 4.78. The third-order valence-electron chi connectivity index (χ3n) is 12.5. The summed E-state index contributed by atoms with van der Waals surface area (Å²) in [6.45, 7) is 0. The highest BCUT2D eigenvalue weighted by atomic mass is 15.1. The van der Waals surface area contributed by atoms with Gasteiger partial charge in [-0.05, 0) is 143 Å². The monoisotopic (exact) mass is 803 g/mol. The first-order chi connectivity index (χ1) is 31.2. The molecule has 12 aromatic rings. The second-order valence-corrected chi connectivity index (χ2v) is 16.2. The number of hydrogen-bond donors (Lipinski definition) is 0. The zero-order valence-electron chi connectivity index (χ0n) is 34.5. The lowest BCUT2D eigenvalue weighted by atomic mass is 9.92. The lowest BCUT2D eigenvalue weighted by Crippen LogP contribution is -2.09. The van der Waals surface area contributed by atoms with Gasteiger partial charge in [0.15, 0.2) is 0 Å². The summed E-state index contributed by atoms with van der Waals surface area (Å²) in [5.41, 5.74) is 17.4. The maximum atomic E-state index is 2.40. The van der Waals surface area contributed by atoms with Gasteiger partial charge in [-0.25, -0.2) is 0 Å². The van der Waals surface area contributed by atoms with E-state index in [9.17, 15) is 0 Å². The fourth-order valence-corrected chi connectivity index (χ4v) is 9.54. The first-order valence-corrected chi connectivity index (χ1v) is 21.6. The molecule has 0 N–H and O–H groups in total. The van der Waals surface area contributed by atoms with E-state index in [0.717, 1.165) is 39.6 Å². The summed E-state index contributed by atoms with van der Waals surface area (Å²) in [5, 5.41) is 4.97. The number of aromatic nitrogens is 2. The van der Waals surface area contributed by atoms with Crippen molar-refractivity contribution in [2.24, 2.45) is 0 Å².